The van der Waals surface area contributed by atoms with E-state index in [1.165, 1.54) is 21.3 Å². The SMILES string of the molecule is COC(=O)c1[nH]c2ccc(OC)cc2c1CC(O)C(=O)OC. The van der Waals surface area contributed by atoms with Gasteiger partial charge in [0.2, 0.25) is 0 Å². The minimum Gasteiger partial charge on any atom is -0.497 e. The van der Waals surface area contributed by atoms with Gasteiger partial charge in [0.1, 0.15) is 11.4 Å². The normalized spacial score (nSPS) is 12.0. The molecule has 2 N–H and O–H groups in total. The topological polar surface area (TPSA) is 97.9 Å². The summed E-state index contributed by atoms with van der Waals surface area (Å²) in [5, 5.41) is 10.6. The van der Waals surface area contributed by atoms with Gasteiger partial charge in [0, 0.05) is 17.3 Å². The van der Waals surface area contributed by atoms with Crippen molar-refractivity contribution in [3.8, 4) is 5.75 Å². The predicted molar refractivity (Wildman–Crippen MR) is 77.9 cm³/mol. The molecule has 2 aromatic rings. The smallest absolute Gasteiger partial charge is 0.354 e. The second-order valence-corrected chi connectivity index (χ2v) is 4.62. The lowest BCUT2D eigenvalue weighted by molar-refractivity contribution is -0.150. The molecule has 0 spiro atoms. The molecular weight excluding hydrogens is 290 g/mol. The van der Waals surface area contributed by atoms with Gasteiger partial charge in [-0.05, 0) is 23.8 Å². The Morgan fingerprint density at radius 3 is 2.55 bits per heavy atom. The van der Waals surface area contributed by atoms with Gasteiger partial charge in [-0.1, -0.05) is 0 Å². The number of aliphatic hydroxyl groups excluding tert-OH is 1. The number of H-pyrrole nitrogens is 1. The van der Waals surface area contributed by atoms with Crippen LogP contribution in [0.5, 0.6) is 5.75 Å². The average molecular weight is 307 g/mol. The van der Waals surface area contributed by atoms with Gasteiger partial charge in [-0.3, -0.25) is 0 Å². The van der Waals surface area contributed by atoms with E-state index >= 15 is 0 Å². The van der Waals surface area contributed by atoms with Crippen LogP contribution >= 0.6 is 0 Å². The summed E-state index contributed by atoms with van der Waals surface area (Å²) in [5.74, 6) is -0.757. The Hall–Kier alpha value is -2.54. The number of carbonyl (C=O) groups excluding carboxylic acids is 2. The fourth-order valence-electron chi connectivity index (χ4n) is 2.25. The van der Waals surface area contributed by atoms with E-state index in [-0.39, 0.29) is 12.1 Å². The first-order chi connectivity index (χ1) is 10.5. The molecule has 1 unspecified atom stereocenters. The number of benzene rings is 1. The van der Waals surface area contributed by atoms with Gasteiger partial charge in [0.25, 0.3) is 0 Å². The van der Waals surface area contributed by atoms with E-state index in [4.69, 9.17) is 9.47 Å². The minimum absolute atomic E-state index is 0.0791. The summed E-state index contributed by atoms with van der Waals surface area (Å²) >= 11 is 0. The third-order valence-corrected chi connectivity index (χ3v) is 3.37. The van der Waals surface area contributed by atoms with Gasteiger partial charge >= 0.3 is 11.9 Å². The van der Waals surface area contributed by atoms with Crippen LogP contribution in [0.1, 0.15) is 16.1 Å². The third-order valence-electron chi connectivity index (χ3n) is 3.37. The van der Waals surface area contributed by atoms with Crippen LogP contribution in [0.25, 0.3) is 10.9 Å². The van der Waals surface area contributed by atoms with Crippen LogP contribution in [-0.4, -0.2) is 49.5 Å². The molecule has 22 heavy (non-hydrogen) atoms. The molecule has 0 saturated heterocycles. The van der Waals surface area contributed by atoms with Gasteiger partial charge < -0.3 is 24.3 Å². The molecule has 1 aromatic heterocycles. The van der Waals surface area contributed by atoms with E-state index in [0.717, 1.165) is 0 Å². The van der Waals surface area contributed by atoms with Crippen molar-refractivity contribution in [2.75, 3.05) is 21.3 Å². The first-order valence-corrected chi connectivity index (χ1v) is 6.54. The maximum atomic E-state index is 11.9. The lowest BCUT2D eigenvalue weighted by Crippen LogP contribution is -2.25. The molecule has 0 amide bonds. The minimum atomic E-state index is -1.38. The van der Waals surface area contributed by atoms with Crippen molar-refractivity contribution in [3.05, 3.63) is 29.5 Å². The fraction of sp³-hybridized carbons (Fsp3) is 0.333. The molecule has 0 aliphatic rings. The summed E-state index contributed by atoms with van der Waals surface area (Å²) in [6.45, 7) is 0. The third kappa shape index (κ3) is 2.89. The molecule has 0 fully saturated rings. The van der Waals surface area contributed by atoms with Crippen LogP contribution < -0.4 is 4.74 Å². The number of aromatic amines is 1. The zero-order valence-electron chi connectivity index (χ0n) is 12.5. The monoisotopic (exact) mass is 307 g/mol. The Labute approximate surface area is 126 Å². The number of aromatic nitrogens is 1. The van der Waals surface area contributed by atoms with E-state index in [9.17, 15) is 14.7 Å². The van der Waals surface area contributed by atoms with Gasteiger partial charge in [0.05, 0.1) is 21.3 Å². The molecule has 118 valence electrons. The molecule has 0 radical (unpaired) electrons. The second kappa shape index (κ2) is 6.48. The van der Waals surface area contributed by atoms with Gasteiger partial charge in [-0.15, -0.1) is 0 Å². The molecule has 0 bridgehead atoms. The Bertz CT molecular complexity index is 705. The lowest BCUT2D eigenvalue weighted by Gasteiger charge is -2.09. The number of hydrogen-bond donors (Lipinski definition) is 2. The lowest BCUT2D eigenvalue weighted by atomic mass is 10.0. The first-order valence-electron chi connectivity index (χ1n) is 6.54. The number of carbonyl (C=O) groups is 2. The van der Waals surface area contributed by atoms with Crippen LogP contribution in [0, 0.1) is 0 Å². The highest BCUT2D eigenvalue weighted by Gasteiger charge is 2.24. The zero-order valence-corrected chi connectivity index (χ0v) is 12.5. The fourth-order valence-corrected chi connectivity index (χ4v) is 2.25. The van der Waals surface area contributed by atoms with Crippen LogP contribution in [0.4, 0.5) is 0 Å². The molecule has 7 heteroatoms. The molecule has 0 aliphatic heterocycles. The Morgan fingerprint density at radius 1 is 1.23 bits per heavy atom. The number of aliphatic hydroxyl groups is 1. The Kier molecular flexibility index (Phi) is 4.67. The number of esters is 2. The summed E-state index contributed by atoms with van der Waals surface area (Å²) in [6, 6.07) is 5.20. The zero-order chi connectivity index (χ0) is 16.3. The molecule has 0 saturated carbocycles. The highest BCUT2D eigenvalue weighted by atomic mass is 16.5. The van der Waals surface area contributed by atoms with E-state index in [1.807, 2.05) is 0 Å². The molecular formula is C15H17NO6. The quantitative estimate of drug-likeness (QED) is 0.801. The van der Waals surface area contributed by atoms with Crippen molar-refractivity contribution in [2.24, 2.45) is 0 Å². The molecule has 1 heterocycles. The molecule has 0 aliphatic carbocycles. The number of rotatable bonds is 5. The van der Waals surface area contributed by atoms with Gasteiger partial charge in [0.15, 0.2) is 6.10 Å². The molecule has 2 rings (SSSR count). The number of fused-ring (bicyclic) bond motifs is 1. The molecule has 1 aromatic carbocycles. The highest BCUT2D eigenvalue weighted by Crippen LogP contribution is 2.28. The highest BCUT2D eigenvalue weighted by molar-refractivity contribution is 5.99. The maximum Gasteiger partial charge on any atom is 0.354 e. The summed E-state index contributed by atoms with van der Waals surface area (Å²) < 4.78 is 14.4. The van der Waals surface area contributed by atoms with E-state index in [2.05, 4.69) is 9.72 Å². The predicted octanol–water partition coefficient (Wildman–Crippen LogP) is 1.04. The summed E-state index contributed by atoms with van der Waals surface area (Å²) in [6.07, 6.45) is -1.46. The maximum absolute atomic E-state index is 11.9. The first kappa shape index (κ1) is 15.8. The van der Waals surface area contributed by atoms with Gasteiger partial charge in [-0.2, -0.15) is 0 Å². The van der Waals surface area contributed by atoms with Crippen molar-refractivity contribution >= 4 is 22.8 Å². The number of nitrogens with one attached hydrogen (secondary N) is 1. The van der Waals surface area contributed by atoms with Crippen LogP contribution in [0.3, 0.4) is 0 Å². The average Bonchev–Trinajstić information content (AvgIpc) is 2.90. The summed E-state index contributed by atoms with van der Waals surface area (Å²) in [4.78, 5) is 26.3. The van der Waals surface area contributed by atoms with Crippen LogP contribution in [0.15, 0.2) is 18.2 Å². The second-order valence-electron chi connectivity index (χ2n) is 4.62. The standard InChI is InChI=1S/C15H17NO6/c1-20-8-4-5-11-9(6-8)10(7-12(17)14(18)21-2)13(16-11)15(19)22-3/h4-6,12,16-17H,7H2,1-3H3. The van der Waals surface area contributed by atoms with Crippen LogP contribution in [-0.2, 0) is 20.7 Å². The largest absolute Gasteiger partial charge is 0.497 e. The van der Waals surface area contributed by atoms with E-state index in [0.29, 0.717) is 22.2 Å². The Balaban J connectivity index is 2.55. The molecule has 1 atom stereocenters. The molecule has 7 nitrogen and oxygen atoms in total. The van der Waals surface area contributed by atoms with Gasteiger partial charge in [-0.25, -0.2) is 9.59 Å². The van der Waals surface area contributed by atoms with E-state index < -0.39 is 18.0 Å². The van der Waals surface area contributed by atoms with Crippen molar-refractivity contribution in [1.29, 1.82) is 0 Å². The summed E-state index contributed by atoms with van der Waals surface area (Å²) in [7, 11) is 3.97. The van der Waals surface area contributed by atoms with Crippen LogP contribution in [0.2, 0.25) is 0 Å². The Morgan fingerprint density at radius 2 is 1.95 bits per heavy atom. The number of ether oxygens (including phenoxy) is 3. The van der Waals surface area contributed by atoms with Crippen molar-refractivity contribution in [2.45, 2.75) is 12.5 Å². The number of hydrogen-bond acceptors (Lipinski definition) is 6. The van der Waals surface area contributed by atoms with Crippen molar-refractivity contribution in [3.63, 3.8) is 0 Å². The summed E-state index contributed by atoms with van der Waals surface area (Å²) in [5.41, 5.74) is 1.33. The van der Waals surface area contributed by atoms with Crippen molar-refractivity contribution < 1.29 is 28.9 Å². The van der Waals surface area contributed by atoms with Crippen molar-refractivity contribution in [1.82, 2.24) is 4.98 Å². The van der Waals surface area contributed by atoms with E-state index in [1.54, 1.807) is 18.2 Å². The number of methoxy groups -OCH3 is 3.